The van der Waals surface area contributed by atoms with Crippen LogP contribution in [0.2, 0.25) is 0 Å². The van der Waals surface area contributed by atoms with Gasteiger partial charge in [0.1, 0.15) is 5.69 Å². The van der Waals surface area contributed by atoms with Gasteiger partial charge in [-0.15, -0.1) is 5.10 Å². The lowest BCUT2D eigenvalue weighted by Crippen LogP contribution is -1.81. The van der Waals surface area contributed by atoms with Crippen molar-refractivity contribution < 1.29 is 0 Å². The third-order valence-corrected chi connectivity index (χ3v) is 2.70. The highest BCUT2D eigenvalue weighted by Crippen LogP contribution is 2.20. The van der Waals surface area contributed by atoms with Crippen molar-refractivity contribution in [1.82, 2.24) is 9.59 Å². The number of nitrogens with zero attached hydrogens (tertiary/aromatic N) is 2. The Morgan fingerprint density at radius 1 is 1.23 bits per heavy atom. The summed E-state index contributed by atoms with van der Waals surface area (Å²) >= 11 is 2.59. The van der Waals surface area contributed by atoms with Gasteiger partial charge in [0.05, 0.1) is 0 Å². The molecule has 0 bridgehead atoms. The van der Waals surface area contributed by atoms with Crippen molar-refractivity contribution in [3.8, 4) is 11.3 Å². The molecule has 0 spiro atoms. The third-order valence-electron chi connectivity index (χ3n) is 1.65. The van der Waals surface area contributed by atoms with Crippen molar-refractivity contribution in [2.24, 2.45) is 5.14 Å². The van der Waals surface area contributed by atoms with Crippen molar-refractivity contribution in [2.75, 3.05) is 0 Å². The highest BCUT2D eigenvalue weighted by atomic mass is 32.2. The van der Waals surface area contributed by atoms with Crippen LogP contribution in [-0.2, 0) is 0 Å². The second-order valence-corrected chi connectivity index (χ2v) is 3.75. The Labute approximate surface area is 84.3 Å². The Hall–Kier alpha value is -0.910. The van der Waals surface area contributed by atoms with E-state index in [4.69, 9.17) is 5.14 Å². The monoisotopic (exact) mass is 209 g/mol. The lowest BCUT2D eigenvalue weighted by Gasteiger charge is -1.97. The quantitative estimate of drug-likeness (QED) is 0.770. The Balaban J connectivity index is 2.33. The summed E-state index contributed by atoms with van der Waals surface area (Å²) in [5.74, 6) is 0. The van der Waals surface area contributed by atoms with Crippen molar-refractivity contribution in [3.63, 3.8) is 0 Å². The van der Waals surface area contributed by atoms with Crippen LogP contribution in [0.3, 0.4) is 0 Å². The average Bonchev–Trinajstić information content (AvgIpc) is 2.71. The lowest BCUT2D eigenvalue weighted by atomic mass is 10.2. The molecule has 5 heteroatoms. The fourth-order valence-electron chi connectivity index (χ4n) is 0.995. The molecule has 2 rings (SSSR count). The summed E-state index contributed by atoms with van der Waals surface area (Å²) in [6.07, 6.45) is 0. The zero-order valence-electron chi connectivity index (χ0n) is 6.68. The van der Waals surface area contributed by atoms with Crippen molar-refractivity contribution in [3.05, 3.63) is 29.6 Å². The summed E-state index contributed by atoms with van der Waals surface area (Å²) in [4.78, 5) is 1.05. The first kappa shape index (κ1) is 8.68. The summed E-state index contributed by atoms with van der Waals surface area (Å²) in [5, 5.41) is 11.3. The molecule has 0 unspecified atom stereocenters. The summed E-state index contributed by atoms with van der Waals surface area (Å²) < 4.78 is 3.80. The molecule has 2 aromatic rings. The van der Waals surface area contributed by atoms with E-state index in [2.05, 4.69) is 9.59 Å². The molecule has 1 heterocycles. The van der Waals surface area contributed by atoms with Crippen LogP contribution in [0.25, 0.3) is 11.3 Å². The minimum absolute atomic E-state index is 0.915. The van der Waals surface area contributed by atoms with Gasteiger partial charge in [-0.25, -0.2) is 0 Å². The van der Waals surface area contributed by atoms with Gasteiger partial charge < -0.3 is 0 Å². The largest absolute Gasteiger partial charge is 0.274 e. The maximum absolute atomic E-state index is 5.41. The molecule has 0 atom stereocenters. The Morgan fingerprint density at radius 2 is 2.00 bits per heavy atom. The van der Waals surface area contributed by atoms with Crippen LogP contribution in [0, 0.1) is 0 Å². The molecule has 0 saturated heterocycles. The lowest BCUT2D eigenvalue weighted by molar-refractivity contribution is 1.16. The number of nitrogens with two attached hydrogens (primary N) is 1. The molecule has 0 radical (unpaired) electrons. The summed E-state index contributed by atoms with van der Waals surface area (Å²) in [5.41, 5.74) is 1.99. The smallest absolute Gasteiger partial charge is 0.105 e. The SMILES string of the molecule is NSc1ccc(-c2csnn2)cc1. The number of benzene rings is 1. The van der Waals surface area contributed by atoms with Gasteiger partial charge in [-0.1, -0.05) is 16.6 Å². The normalized spacial score (nSPS) is 10.2. The van der Waals surface area contributed by atoms with Crippen molar-refractivity contribution in [2.45, 2.75) is 4.90 Å². The molecular weight excluding hydrogens is 202 g/mol. The van der Waals surface area contributed by atoms with Crippen LogP contribution in [0.5, 0.6) is 0 Å². The number of hydrogen-bond acceptors (Lipinski definition) is 5. The van der Waals surface area contributed by atoms with Crippen LogP contribution < -0.4 is 5.14 Å². The first-order valence-electron chi connectivity index (χ1n) is 3.64. The number of hydrogen-bond donors (Lipinski definition) is 1. The van der Waals surface area contributed by atoms with Gasteiger partial charge in [0, 0.05) is 15.8 Å². The fourth-order valence-corrected chi connectivity index (χ4v) is 1.75. The summed E-state index contributed by atoms with van der Waals surface area (Å²) in [6.45, 7) is 0. The Morgan fingerprint density at radius 3 is 2.54 bits per heavy atom. The van der Waals surface area contributed by atoms with E-state index in [1.54, 1.807) is 0 Å². The molecule has 0 fully saturated rings. The van der Waals surface area contributed by atoms with Crippen molar-refractivity contribution in [1.29, 1.82) is 0 Å². The Bertz CT molecular complexity index is 369. The van der Waals surface area contributed by atoms with E-state index in [1.807, 2.05) is 29.6 Å². The number of rotatable bonds is 2. The van der Waals surface area contributed by atoms with Gasteiger partial charge >= 0.3 is 0 Å². The minimum Gasteiger partial charge on any atom is -0.274 e. The predicted molar refractivity (Wildman–Crippen MR) is 55.4 cm³/mol. The van der Waals surface area contributed by atoms with E-state index in [0.29, 0.717) is 0 Å². The first-order chi connectivity index (χ1) is 6.40. The van der Waals surface area contributed by atoms with E-state index < -0.39 is 0 Å². The zero-order valence-corrected chi connectivity index (χ0v) is 8.31. The van der Waals surface area contributed by atoms with E-state index in [0.717, 1.165) is 16.2 Å². The maximum Gasteiger partial charge on any atom is 0.105 e. The van der Waals surface area contributed by atoms with E-state index in [1.165, 1.54) is 23.5 Å². The van der Waals surface area contributed by atoms with Gasteiger partial charge in [-0.3, -0.25) is 5.14 Å². The Kier molecular flexibility index (Phi) is 2.58. The molecule has 2 N–H and O–H groups in total. The molecule has 3 nitrogen and oxygen atoms in total. The molecule has 0 aliphatic carbocycles. The molecular formula is C8H7N3S2. The highest BCUT2D eigenvalue weighted by Gasteiger charge is 1.99. The predicted octanol–water partition coefficient (Wildman–Crippen LogP) is 2.17. The third kappa shape index (κ3) is 1.88. The van der Waals surface area contributed by atoms with Gasteiger partial charge in [0.15, 0.2) is 0 Å². The standard InChI is InChI=1S/C8H7N3S2/c9-13-7-3-1-6(2-4-7)8-5-12-11-10-8/h1-5H,9H2. The zero-order chi connectivity index (χ0) is 9.10. The fraction of sp³-hybridized carbons (Fsp3) is 0. The second-order valence-electron chi connectivity index (χ2n) is 2.43. The van der Waals surface area contributed by atoms with E-state index in [-0.39, 0.29) is 0 Å². The maximum atomic E-state index is 5.41. The van der Waals surface area contributed by atoms with Crippen LogP contribution in [0.1, 0.15) is 0 Å². The van der Waals surface area contributed by atoms with Crippen molar-refractivity contribution >= 4 is 23.5 Å². The molecule has 0 aliphatic heterocycles. The van der Waals surface area contributed by atoms with Crippen LogP contribution in [-0.4, -0.2) is 9.59 Å². The molecule has 1 aromatic carbocycles. The van der Waals surface area contributed by atoms with Gasteiger partial charge in [0.25, 0.3) is 0 Å². The molecule has 1 aromatic heterocycles. The summed E-state index contributed by atoms with van der Waals surface area (Å²) in [6, 6.07) is 7.93. The molecule has 0 saturated carbocycles. The number of aromatic nitrogens is 2. The van der Waals surface area contributed by atoms with E-state index in [9.17, 15) is 0 Å². The van der Waals surface area contributed by atoms with Crippen LogP contribution in [0.4, 0.5) is 0 Å². The summed E-state index contributed by atoms with van der Waals surface area (Å²) in [7, 11) is 0. The van der Waals surface area contributed by atoms with Gasteiger partial charge in [-0.05, 0) is 35.6 Å². The molecule has 0 aliphatic rings. The molecule has 66 valence electrons. The molecule has 13 heavy (non-hydrogen) atoms. The van der Waals surface area contributed by atoms with Gasteiger partial charge in [0.2, 0.25) is 0 Å². The second kappa shape index (κ2) is 3.87. The topological polar surface area (TPSA) is 51.8 Å². The molecule has 0 amide bonds. The van der Waals surface area contributed by atoms with Crippen LogP contribution >= 0.6 is 23.5 Å². The van der Waals surface area contributed by atoms with Gasteiger partial charge in [-0.2, -0.15) is 0 Å². The first-order valence-corrected chi connectivity index (χ1v) is 5.36. The average molecular weight is 209 g/mol. The minimum atomic E-state index is 0.915. The van der Waals surface area contributed by atoms with Crippen LogP contribution in [0.15, 0.2) is 34.5 Å². The van der Waals surface area contributed by atoms with E-state index >= 15 is 0 Å². The highest BCUT2D eigenvalue weighted by molar-refractivity contribution is 7.97.